The number of amides is 3. The maximum atomic E-state index is 11.6. The van der Waals surface area contributed by atoms with E-state index in [1.54, 1.807) is 15.9 Å². The molecule has 1 atom stereocenters. The minimum atomic E-state index is -0.214. The van der Waals surface area contributed by atoms with E-state index in [-0.39, 0.29) is 30.2 Å². The van der Waals surface area contributed by atoms with E-state index in [1.807, 2.05) is 0 Å². The molecule has 5 nitrogen and oxygen atoms in total. The van der Waals surface area contributed by atoms with Crippen molar-refractivity contribution in [2.75, 3.05) is 18.8 Å². The number of hydrogen-bond acceptors (Lipinski definition) is 4. The van der Waals surface area contributed by atoms with Crippen LogP contribution in [0.2, 0.25) is 0 Å². The van der Waals surface area contributed by atoms with Crippen molar-refractivity contribution in [1.82, 2.24) is 10.2 Å². The molecule has 1 heterocycles. The third-order valence-corrected chi connectivity index (χ3v) is 4.52. The van der Waals surface area contributed by atoms with Gasteiger partial charge in [-0.15, -0.1) is 0 Å². The minimum Gasteiger partial charge on any atom is -0.354 e. The molecule has 3 amide bonds. The lowest BCUT2D eigenvalue weighted by molar-refractivity contribution is -0.139. The maximum Gasteiger partial charge on any atom is 0.232 e. The molecule has 18 heavy (non-hydrogen) atoms. The number of nitrogens with zero attached hydrogens (tertiary/aromatic N) is 1. The summed E-state index contributed by atoms with van der Waals surface area (Å²) >= 11 is 2.20. The Morgan fingerprint density at radius 1 is 1.56 bits per heavy atom. The van der Waals surface area contributed by atoms with Crippen LogP contribution in [0.3, 0.4) is 0 Å². The van der Waals surface area contributed by atoms with E-state index in [2.05, 4.69) is 26.5 Å². The van der Waals surface area contributed by atoms with Gasteiger partial charge in [0.15, 0.2) is 0 Å². The molecule has 0 aromatic carbocycles. The largest absolute Gasteiger partial charge is 0.354 e. The van der Waals surface area contributed by atoms with Crippen LogP contribution in [0.25, 0.3) is 0 Å². The van der Waals surface area contributed by atoms with E-state index in [0.29, 0.717) is 19.4 Å². The Kier molecular flexibility index (Phi) is 6.98. The lowest BCUT2D eigenvalue weighted by Gasteiger charge is -2.14. The van der Waals surface area contributed by atoms with E-state index in [4.69, 9.17) is 0 Å². The van der Waals surface area contributed by atoms with E-state index in [0.717, 1.165) is 12.2 Å². The second-order valence-corrected chi connectivity index (χ2v) is 6.75. The number of rotatable bonds is 7. The molecule has 1 aliphatic heterocycles. The van der Waals surface area contributed by atoms with Gasteiger partial charge in [-0.25, -0.2) is 0 Å². The van der Waals surface area contributed by atoms with Gasteiger partial charge in [-0.05, 0) is 27.6 Å². The molecule has 1 rings (SSSR count). The van der Waals surface area contributed by atoms with Gasteiger partial charge < -0.3 is 5.32 Å². The molecule has 1 saturated heterocycles. The normalized spacial score (nSPS) is 19.4. The smallest absolute Gasteiger partial charge is 0.232 e. The van der Waals surface area contributed by atoms with Gasteiger partial charge in [-0.3, -0.25) is 19.3 Å². The van der Waals surface area contributed by atoms with Crippen molar-refractivity contribution in [2.24, 2.45) is 5.92 Å². The molecule has 1 unspecified atom stereocenters. The Balaban J connectivity index is 2.19. The fraction of sp³-hybridized carbons (Fsp3) is 0.727. The maximum absolute atomic E-state index is 11.6. The number of carbonyl (C=O) groups excluding carboxylic acids is 3. The highest BCUT2D eigenvalue weighted by Crippen LogP contribution is 2.17. The highest BCUT2D eigenvalue weighted by Gasteiger charge is 2.34. The summed E-state index contributed by atoms with van der Waals surface area (Å²) in [6.07, 6.45) is 1.63. The van der Waals surface area contributed by atoms with Crippen molar-refractivity contribution in [3.05, 3.63) is 0 Å². The molecule has 0 bridgehead atoms. The quantitative estimate of drug-likeness (QED) is 0.409. The summed E-state index contributed by atoms with van der Waals surface area (Å²) in [4.78, 5) is 35.7. The fourth-order valence-electron chi connectivity index (χ4n) is 1.77. The average molecular weight is 384 g/mol. The van der Waals surface area contributed by atoms with Crippen LogP contribution in [0.5, 0.6) is 0 Å². The van der Waals surface area contributed by atoms with Crippen molar-refractivity contribution >= 4 is 47.9 Å². The highest BCUT2D eigenvalue weighted by molar-refractivity contribution is 14.2. The van der Waals surface area contributed by atoms with Crippen molar-refractivity contribution < 1.29 is 14.4 Å². The van der Waals surface area contributed by atoms with Gasteiger partial charge in [0.05, 0.1) is 0 Å². The second kappa shape index (κ2) is 7.98. The van der Waals surface area contributed by atoms with Gasteiger partial charge in [0, 0.05) is 37.6 Å². The fourth-order valence-corrected chi connectivity index (χ4v) is 2.95. The second-order valence-electron chi connectivity index (χ2n) is 4.26. The molecule has 1 N–H and O–H groups in total. The Morgan fingerprint density at radius 3 is 2.83 bits per heavy atom. The van der Waals surface area contributed by atoms with Gasteiger partial charge in [0.1, 0.15) is 0 Å². The van der Waals surface area contributed by atoms with E-state index >= 15 is 0 Å². The number of halogens is 1. The standard InChI is InChI=1S/C11H17IN2O3S/c1-8-7-10(16)14(11(8)17)5-4-13-9(15)3-2-6-18-12/h8H,2-7H2,1H3,(H,13,15). The zero-order chi connectivity index (χ0) is 13.5. The molecular formula is C11H17IN2O3S. The first-order valence-electron chi connectivity index (χ1n) is 5.90. The van der Waals surface area contributed by atoms with Gasteiger partial charge in [-0.2, -0.15) is 0 Å². The average Bonchev–Trinajstić information content (AvgIpc) is 2.56. The number of nitrogens with one attached hydrogen (secondary N) is 1. The van der Waals surface area contributed by atoms with Crippen molar-refractivity contribution in [3.8, 4) is 0 Å². The topological polar surface area (TPSA) is 66.5 Å². The van der Waals surface area contributed by atoms with E-state index in [9.17, 15) is 14.4 Å². The van der Waals surface area contributed by atoms with Gasteiger partial charge in [0.2, 0.25) is 17.7 Å². The Hall–Kier alpha value is -0.310. The molecule has 0 aromatic rings. The summed E-state index contributed by atoms with van der Waals surface area (Å²) in [5, 5.41) is 2.73. The molecule has 1 aliphatic rings. The monoisotopic (exact) mass is 384 g/mol. The summed E-state index contributed by atoms with van der Waals surface area (Å²) < 4.78 is 0. The third kappa shape index (κ3) is 4.75. The van der Waals surface area contributed by atoms with E-state index in [1.165, 1.54) is 4.90 Å². The molecule has 7 heteroatoms. The van der Waals surface area contributed by atoms with Crippen LogP contribution in [0.15, 0.2) is 0 Å². The molecule has 1 fully saturated rings. The summed E-state index contributed by atoms with van der Waals surface area (Å²) in [5.41, 5.74) is 0. The van der Waals surface area contributed by atoms with Crippen molar-refractivity contribution in [3.63, 3.8) is 0 Å². The molecule has 0 aliphatic carbocycles. The number of likely N-dealkylation sites (tertiary alicyclic amines) is 1. The van der Waals surface area contributed by atoms with Crippen LogP contribution in [0.1, 0.15) is 26.2 Å². The highest BCUT2D eigenvalue weighted by atomic mass is 127. The number of hydrogen-bond donors (Lipinski definition) is 1. The first kappa shape index (κ1) is 15.7. The van der Waals surface area contributed by atoms with Crippen LogP contribution in [0, 0.1) is 5.92 Å². The van der Waals surface area contributed by atoms with Crippen LogP contribution in [-0.4, -0.2) is 41.5 Å². The molecule has 0 saturated carbocycles. The molecule has 0 spiro atoms. The van der Waals surface area contributed by atoms with Crippen molar-refractivity contribution in [1.29, 1.82) is 0 Å². The molecule has 102 valence electrons. The summed E-state index contributed by atoms with van der Waals surface area (Å²) in [5.74, 6) is 0.453. The van der Waals surface area contributed by atoms with Gasteiger partial charge in [0.25, 0.3) is 0 Å². The lowest BCUT2D eigenvalue weighted by Crippen LogP contribution is -2.38. The first-order chi connectivity index (χ1) is 8.56. The van der Waals surface area contributed by atoms with Crippen LogP contribution < -0.4 is 5.32 Å². The summed E-state index contributed by atoms with van der Waals surface area (Å²) in [6, 6.07) is 0. The van der Waals surface area contributed by atoms with E-state index < -0.39 is 0 Å². The van der Waals surface area contributed by atoms with Crippen molar-refractivity contribution in [2.45, 2.75) is 26.2 Å². The van der Waals surface area contributed by atoms with Crippen LogP contribution in [0.4, 0.5) is 0 Å². The Morgan fingerprint density at radius 2 is 2.28 bits per heavy atom. The SMILES string of the molecule is CC1CC(=O)N(CCNC(=O)CCCSI)C1=O. The summed E-state index contributed by atoms with van der Waals surface area (Å²) in [7, 11) is 1.68. The zero-order valence-corrected chi connectivity index (χ0v) is 13.3. The Labute approximate surface area is 123 Å². The van der Waals surface area contributed by atoms with Gasteiger partial charge >= 0.3 is 0 Å². The number of carbonyl (C=O) groups is 3. The van der Waals surface area contributed by atoms with Crippen LogP contribution in [-0.2, 0) is 14.4 Å². The lowest BCUT2D eigenvalue weighted by atomic mass is 10.1. The predicted molar refractivity (Wildman–Crippen MR) is 79.2 cm³/mol. The first-order valence-corrected chi connectivity index (χ1v) is 9.43. The Bertz CT molecular complexity index is 338. The minimum absolute atomic E-state index is 0.0207. The molecule has 0 aromatic heterocycles. The number of imide groups is 1. The predicted octanol–water partition coefficient (Wildman–Crippen LogP) is 1.36. The zero-order valence-electron chi connectivity index (χ0n) is 10.3. The third-order valence-electron chi connectivity index (χ3n) is 2.75. The summed E-state index contributed by atoms with van der Waals surface area (Å²) in [6.45, 7) is 2.38. The van der Waals surface area contributed by atoms with Crippen LogP contribution >= 0.6 is 30.1 Å². The van der Waals surface area contributed by atoms with Gasteiger partial charge in [-0.1, -0.05) is 15.9 Å². The molecular weight excluding hydrogens is 367 g/mol. The molecule has 0 radical (unpaired) electrons.